The number of amidine groups is 1. The summed E-state index contributed by atoms with van der Waals surface area (Å²) in [6.45, 7) is 8.57. The molecule has 0 spiro atoms. The number of rotatable bonds is 3. The Morgan fingerprint density at radius 2 is 1.65 bits per heavy atom. The van der Waals surface area contributed by atoms with Gasteiger partial charge in [0.2, 0.25) is 0 Å². The number of hydrogen-bond donors (Lipinski definition) is 1. The van der Waals surface area contributed by atoms with Crippen molar-refractivity contribution in [1.82, 2.24) is 5.32 Å². The summed E-state index contributed by atoms with van der Waals surface area (Å²) in [6, 6.07) is 8.91. The van der Waals surface area contributed by atoms with E-state index in [9.17, 15) is 0 Å². The summed E-state index contributed by atoms with van der Waals surface area (Å²) in [5.74, 6) is 2.13. The van der Waals surface area contributed by atoms with Crippen LogP contribution in [0.1, 0.15) is 43.7 Å². The maximum Gasteiger partial charge on any atom is 0.104 e. The highest BCUT2D eigenvalue weighted by Gasteiger charge is 2.15. The second-order valence-corrected chi connectivity index (χ2v) is 4.74. The fourth-order valence-corrected chi connectivity index (χ4v) is 2.03. The molecule has 0 bridgehead atoms. The quantitative estimate of drug-likeness (QED) is 0.877. The molecule has 1 unspecified atom stereocenters. The number of halogens is 1. The van der Waals surface area contributed by atoms with Crippen LogP contribution in [0.15, 0.2) is 29.3 Å². The van der Waals surface area contributed by atoms with E-state index in [1.165, 1.54) is 11.1 Å². The van der Waals surface area contributed by atoms with E-state index >= 15 is 0 Å². The minimum Gasteiger partial charge on any atom is -0.371 e. The molecule has 2 nitrogen and oxygen atoms in total. The van der Waals surface area contributed by atoms with E-state index in [2.05, 4.69) is 55.3 Å². The Hall–Kier alpha value is -1.02. The predicted molar refractivity (Wildman–Crippen MR) is 76.5 cm³/mol. The number of nitrogens with zero attached hydrogens (tertiary/aromatic N) is 1. The average Bonchev–Trinajstić information content (AvgIpc) is 2.81. The lowest BCUT2D eigenvalue weighted by Gasteiger charge is -2.14. The highest BCUT2D eigenvalue weighted by molar-refractivity contribution is 5.89. The van der Waals surface area contributed by atoms with Crippen molar-refractivity contribution in [3.05, 3.63) is 35.4 Å². The maximum atomic E-state index is 4.48. The highest BCUT2D eigenvalue weighted by Crippen LogP contribution is 2.21. The molecule has 17 heavy (non-hydrogen) atoms. The van der Waals surface area contributed by atoms with Gasteiger partial charge >= 0.3 is 0 Å². The van der Waals surface area contributed by atoms with Gasteiger partial charge in [0.05, 0.1) is 6.54 Å². The second-order valence-electron chi connectivity index (χ2n) is 4.74. The van der Waals surface area contributed by atoms with E-state index in [1.807, 2.05) is 0 Å². The van der Waals surface area contributed by atoms with Crippen LogP contribution in [0.4, 0.5) is 0 Å². The summed E-state index contributed by atoms with van der Waals surface area (Å²) in [7, 11) is 0. The Labute approximate surface area is 110 Å². The zero-order valence-corrected chi connectivity index (χ0v) is 11.6. The predicted octanol–water partition coefficient (Wildman–Crippen LogP) is 3.34. The zero-order valence-electron chi connectivity index (χ0n) is 10.7. The number of benzene rings is 1. The molecule has 0 fully saturated rings. The third-order valence-corrected chi connectivity index (χ3v) is 3.21. The Kier molecular flexibility index (Phi) is 5.01. The van der Waals surface area contributed by atoms with E-state index in [0.717, 1.165) is 18.9 Å². The van der Waals surface area contributed by atoms with Gasteiger partial charge in [-0.2, -0.15) is 0 Å². The lowest BCUT2D eigenvalue weighted by Crippen LogP contribution is -2.23. The van der Waals surface area contributed by atoms with Crippen LogP contribution in [-0.4, -0.2) is 18.9 Å². The van der Waals surface area contributed by atoms with Crippen LogP contribution in [0.25, 0.3) is 0 Å². The van der Waals surface area contributed by atoms with Gasteiger partial charge in [0.25, 0.3) is 0 Å². The molecule has 1 atom stereocenters. The van der Waals surface area contributed by atoms with E-state index < -0.39 is 0 Å². The lowest BCUT2D eigenvalue weighted by molar-refractivity contribution is 0.862. The topological polar surface area (TPSA) is 24.4 Å². The molecule has 1 heterocycles. The summed E-state index contributed by atoms with van der Waals surface area (Å²) in [5.41, 5.74) is 2.75. The Morgan fingerprint density at radius 3 is 2.12 bits per heavy atom. The molecule has 1 aromatic rings. The number of aliphatic imine (C=N–C) groups is 1. The third-order valence-electron chi connectivity index (χ3n) is 3.21. The summed E-state index contributed by atoms with van der Waals surface area (Å²) in [5, 5.41) is 3.34. The number of nitrogens with one attached hydrogen (secondary N) is 1. The van der Waals surface area contributed by atoms with Gasteiger partial charge in [0, 0.05) is 12.5 Å². The number of hydrogen-bond acceptors (Lipinski definition) is 2. The molecule has 94 valence electrons. The van der Waals surface area contributed by atoms with Crippen molar-refractivity contribution in [3.63, 3.8) is 0 Å². The normalized spacial score (nSPS) is 16.1. The molecular formula is C14H21ClN2. The summed E-state index contributed by atoms with van der Waals surface area (Å²) in [4.78, 5) is 4.48. The van der Waals surface area contributed by atoms with Crippen molar-refractivity contribution in [3.8, 4) is 0 Å². The second kappa shape index (κ2) is 6.06. The van der Waals surface area contributed by atoms with Crippen LogP contribution >= 0.6 is 12.4 Å². The van der Waals surface area contributed by atoms with Crippen LogP contribution in [0.5, 0.6) is 0 Å². The Morgan fingerprint density at radius 1 is 1.06 bits per heavy atom. The van der Waals surface area contributed by atoms with Gasteiger partial charge in [-0.15, -0.1) is 12.4 Å². The Balaban J connectivity index is 0.00000144. The zero-order chi connectivity index (χ0) is 11.5. The molecule has 0 saturated carbocycles. The minimum absolute atomic E-state index is 0. The molecule has 0 radical (unpaired) electrons. The fraction of sp³-hybridized carbons (Fsp3) is 0.500. The van der Waals surface area contributed by atoms with Gasteiger partial charge in [-0.3, -0.25) is 4.99 Å². The van der Waals surface area contributed by atoms with E-state index in [0.29, 0.717) is 11.8 Å². The van der Waals surface area contributed by atoms with Crippen LogP contribution in [0.3, 0.4) is 0 Å². The maximum absolute atomic E-state index is 4.48. The first kappa shape index (κ1) is 14.0. The van der Waals surface area contributed by atoms with Gasteiger partial charge in [0.15, 0.2) is 0 Å². The van der Waals surface area contributed by atoms with Gasteiger partial charge in [-0.05, 0) is 17.0 Å². The molecule has 1 aliphatic heterocycles. The van der Waals surface area contributed by atoms with Crippen molar-refractivity contribution in [2.75, 3.05) is 13.1 Å². The van der Waals surface area contributed by atoms with Crippen molar-refractivity contribution in [1.29, 1.82) is 0 Å². The van der Waals surface area contributed by atoms with E-state index in [-0.39, 0.29) is 12.4 Å². The highest BCUT2D eigenvalue weighted by atomic mass is 35.5. The molecule has 0 amide bonds. The SMILES string of the molecule is CC(C)c1ccc(C(C)C2=NCCN2)cc1.Cl. The summed E-state index contributed by atoms with van der Waals surface area (Å²) in [6.07, 6.45) is 0. The van der Waals surface area contributed by atoms with Crippen LogP contribution in [0, 0.1) is 0 Å². The molecule has 0 aromatic heterocycles. The smallest absolute Gasteiger partial charge is 0.104 e. The third kappa shape index (κ3) is 3.22. The van der Waals surface area contributed by atoms with Gasteiger partial charge in [0.1, 0.15) is 5.84 Å². The molecule has 0 saturated heterocycles. The van der Waals surface area contributed by atoms with Crippen molar-refractivity contribution >= 4 is 18.2 Å². The molecule has 1 N–H and O–H groups in total. The molecule has 2 rings (SSSR count). The first-order valence-electron chi connectivity index (χ1n) is 6.06. The standard InChI is InChI=1S/C14H20N2.ClH/c1-10(2)12-4-6-13(7-5-12)11(3)14-15-8-9-16-14;/h4-7,10-11H,8-9H2,1-3H3,(H,15,16);1H. The van der Waals surface area contributed by atoms with Crippen LogP contribution in [-0.2, 0) is 0 Å². The van der Waals surface area contributed by atoms with Crippen molar-refractivity contribution in [2.24, 2.45) is 4.99 Å². The molecule has 0 aliphatic carbocycles. The summed E-state index contributed by atoms with van der Waals surface area (Å²) >= 11 is 0. The van der Waals surface area contributed by atoms with Crippen molar-refractivity contribution in [2.45, 2.75) is 32.6 Å². The fourth-order valence-electron chi connectivity index (χ4n) is 2.03. The molecular weight excluding hydrogens is 232 g/mol. The first-order chi connectivity index (χ1) is 7.68. The molecule has 1 aromatic carbocycles. The largest absolute Gasteiger partial charge is 0.371 e. The van der Waals surface area contributed by atoms with Crippen molar-refractivity contribution < 1.29 is 0 Å². The van der Waals surface area contributed by atoms with Crippen LogP contribution in [0.2, 0.25) is 0 Å². The molecule has 1 aliphatic rings. The van der Waals surface area contributed by atoms with Gasteiger partial charge < -0.3 is 5.32 Å². The van der Waals surface area contributed by atoms with E-state index in [4.69, 9.17) is 0 Å². The average molecular weight is 253 g/mol. The van der Waals surface area contributed by atoms with Gasteiger partial charge in [-0.1, -0.05) is 45.0 Å². The minimum atomic E-state index is 0. The van der Waals surface area contributed by atoms with Crippen LogP contribution < -0.4 is 5.32 Å². The monoisotopic (exact) mass is 252 g/mol. The molecule has 3 heteroatoms. The van der Waals surface area contributed by atoms with Gasteiger partial charge in [-0.25, -0.2) is 0 Å². The Bertz CT molecular complexity index is 382. The lowest BCUT2D eigenvalue weighted by atomic mass is 9.95. The summed E-state index contributed by atoms with van der Waals surface area (Å²) < 4.78 is 0. The first-order valence-corrected chi connectivity index (χ1v) is 6.06. The van der Waals surface area contributed by atoms with E-state index in [1.54, 1.807) is 0 Å².